The summed E-state index contributed by atoms with van der Waals surface area (Å²) in [7, 11) is 0. The molecule has 0 fully saturated rings. The normalized spacial score (nSPS) is 12.3. The zero-order valence-corrected chi connectivity index (χ0v) is 44.7. The van der Waals surface area contributed by atoms with E-state index in [0.29, 0.717) is 19.3 Å². The predicted octanol–water partition coefficient (Wildman–Crippen LogP) is 19.4. The van der Waals surface area contributed by atoms with E-state index in [-0.39, 0.29) is 31.1 Å². The van der Waals surface area contributed by atoms with Gasteiger partial charge in [-0.2, -0.15) is 0 Å². The maximum atomic E-state index is 12.9. The number of carbonyl (C=O) groups is 3. The van der Waals surface area contributed by atoms with Gasteiger partial charge in [0.2, 0.25) is 0 Å². The molecule has 0 rings (SSSR count). The molecule has 1 atom stereocenters. The van der Waals surface area contributed by atoms with Crippen LogP contribution in [0.5, 0.6) is 0 Å². The Hall–Kier alpha value is -2.63. The van der Waals surface area contributed by atoms with Gasteiger partial charge in [-0.25, -0.2) is 0 Å². The summed E-state index contributed by atoms with van der Waals surface area (Å²) in [4.78, 5) is 38.2. The lowest BCUT2D eigenvalue weighted by Gasteiger charge is -2.18. The zero-order chi connectivity index (χ0) is 48.6. The maximum Gasteiger partial charge on any atom is 0.306 e. The SMILES string of the molecule is CCCC/C=C/C/C=C/CCCCCCCC(=O)OC[C@H](COC(=O)CCCCCCCCCCCCCCCCCCCC)OC(=O)CCCCCCCCC/C=C/C/C=C/CCCCC. The highest BCUT2D eigenvalue weighted by Crippen LogP contribution is 2.16. The van der Waals surface area contributed by atoms with Crippen LogP contribution in [0.1, 0.15) is 303 Å². The van der Waals surface area contributed by atoms with Crippen molar-refractivity contribution in [2.75, 3.05) is 13.2 Å². The Morgan fingerprint density at radius 2 is 0.552 bits per heavy atom. The summed E-state index contributed by atoms with van der Waals surface area (Å²) in [6.07, 6.45) is 68.1. The average Bonchev–Trinajstić information content (AvgIpc) is 3.33. The summed E-state index contributed by atoms with van der Waals surface area (Å²) in [5.74, 6) is -0.885. The molecule has 0 aromatic heterocycles. The zero-order valence-electron chi connectivity index (χ0n) is 44.7. The molecule has 0 saturated carbocycles. The van der Waals surface area contributed by atoms with Crippen LogP contribution in [0.15, 0.2) is 48.6 Å². The van der Waals surface area contributed by atoms with Gasteiger partial charge < -0.3 is 14.2 Å². The second-order valence-corrected chi connectivity index (χ2v) is 19.6. The Morgan fingerprint density at radius 1 is 0.299 bits per heavy atom. The number of carbonyl (C=O) groups excluding carboxylic acids is 3. The molecule has 0 heterocycles. The minimum Gasteiger partial charge on any atom is -0.462 e. The fourth-order valence-corrected chi connectivity index (χ4v) is 8.37. The van der Waals surface area contributed by atoms with Crippen LogP contribution in [0, 0.1) is 0 Å². The minimum absolute atomic E-state index is 0.0779. The van der Waals surface area contributed by atoms with E-state index in [1.54, 1.807) is 0 Å². The molecule has 0 radical (unpaired) electrons. The molecule has 0 unspecified atom stereocenters. The number of rotatable bonds is 53. The van der Waals surface area contributed by atoms with E-state index in [4.69, 9.17) is 14.2 Å². The molecule has 0 spiro atoms. The van der Waals surface area contributed by atoms with Crippen LogP contribution in [0.2, 0.25) is 0 Å². The van der Waals surface area contributed by atoms with E-state index in [1.807, 2.05) is 0 Å². The van der Waals surface area contributed by atoms with Crippen LogP contribution in [-0.4, -0.2) is 37.2 Å². The Balaban J connectivity index is 4.36. The Labute approximate surface area is 416 Å². The largest absolute Gasteiger partial charge is 0.462 e. The molecular formula is C61H110O6. The molecule has 0 aromatic carbocycles. The molecule has 0 bridgehead atoms. The smallest absolute Gasteiger partial charge is 0.306 e. The van der Waals surface area contributed by atoms with Crippen molar-refractivity contribution in [2.45, 2.75) is 309 Å². The highest BCUT2D eigenvalue weighted by Gasteiger charge is 2.19. The number of hydrogen-bond donors (Lipinski definition) is 0. The van der Waals surface area contributed by atoms with Gasteiger partial charge in [-0.05, 0) is 77.0 Å². The van der Waals surface area contributed by atoms with Crippen LogP contribution < -0.4 is 0 Å². The number of ether oxygens (including phenoxy) is 3. The lowest BCUT2D eigenvalue weighted by molar-refractivity contribution is -0.167. The van der Waals surface area contributed by atoms with Crippen molar-refractivity contribution in [1.82, 2.24) is 0 Å². The topological polar surface area (TPSA) is 78.9 Å². The number of allylic oxidation sites excluding steroid dienone is 8. The van der Waals surface area contributed by atoms with Crippen LogP contribution in [0.4, 0.5) is 0 Å². The molecule has 0 aliphatic heterocycles. The summed E-state index contributed by atoms with van der Waals surface area (Å²) in [5, 5.41) is 0. The van der Waals surface area contributed by atoms with E-state index in [0.717, 1.165) is 89.9 Å². The van der Waals surface area contributed by atoms with Gasteiger partial charge in [0.15, 0.2) is 6.10 Å². The average molecular weight is 940 g/mol. The predicted molar refractivity (Wildman–Crippen MR) is 289 cm³/mol. The summed E-state index contributed by atoms with van der Waals surface area (Å²) < 4.78 is 16.9. The van der Waals surface area contributed by atoms with Crippen LogP contribution in [0.3, 0.4) is 0 Å². The molecule has 6 heteroatoms. The summed E-state index contributed by atoms with van der Waals surface area (Å²) in [5.41, 5.74) is 0. The van der Waals surface area contributed by atoms with Crippen molar-refractivity contribution in [3.63, 3.8) is 0 Å². The van der Waals surface area contributed by atoms with Gasteiger partial charge in [-0.1, -0.05) is 256 Å². The quantitative estimate of drug-likeness (QED) is 0.0262. The van der Waals surface area contributed by atoms with Crippen LogP contribution in [-0.2, 0) is 28.6 Å². The molecule has 6 nitrogen and oxygen atoms in total. The van der Waals surface area contributed by atoms with Crippen LogP contribution >= 0.6 is 0 Å². The minimum atomic E-state index is -0.781. The van der Waals surface area contributed by atoms with Crippen molar-refractivity contribution >= 4 is 17.9 Å². The third-order valence-electron chi connectivity index (χ3n) is 12.8. The molecule has 0 aliphatic rings. The lowest BCUT2D eigenvalue weighted by atomic mass is 10.0. The summed E-state index contributed by atoms with van der Waals surface area (Å²) in [6.45, 7) is 6.59. The van der Waals surface area contributed by atoms with Crippen molar-refractivity contribution in [3.8, 4) is 0 Å². The van der Waals surface area contributed by atoms with Crippen LogP contribution in [0.25, 0.3) is 0 Å². The highest BCUT2D eigenvalue weighted by atomic mass is 16.6. The number of hydrogen-bond acceptors (Lipinski definition) is 6. The molecule has 67 heavy (non-hydrogen) atoms. The van der Waals surface area contributed by atoms with E-state index in [2.05, 4.69) is 69.4 Å². The van der Waals surface area contributed by atoms with Crippen molar-refractivity contribution < 1.29 is 28.6 Å². The monoisotopic (exact) mass is 939 g/mol. The van der Waals surface area contributed by atoms with Gasteiger partial charge in [0, 0.05) is 19.3 Å². The first kappa shape index (κ1) is 64.4. The standard InChI is InChI=1S/C61H110O6/c1-4-7-10-13-16-19-22-25-28-30-32-33-36-39-42-45-48-51-54-60(63)66-57-58(56-65-59(62)53-50-47-44-41-38-35-27-24-21-18-15-12-9-6-3)67-61(64)55-52-49-46-43-40-37-34-31-29-26-23-20-17-14-11-8-5-2/h15,17-18,20,24,26-27,29,58H,4-14,16,19,21-23,25,28,30-57H2,1-3H3/b18-15+,20-17+,27-24+,29-26+/t58-/m1/s1. The first-order valence-electron chi connectivity index (χ1n) is 29.1. The maximum absolute atomic E-state index is 12.9. The molecule has 0 amide bonds. The summed E-state index contributed by atoms with van der Waals surface area (Å²) >= 11 is 0. The molecule has 0 N–H and O–H groups in total. The molecule has 0 saturated heterocycles. The second kappa shape index (κ2) is 56.0. The number of esters is 3. The van der Waals surface area contributed by atoms with E-state index in [9.17, 15) is 14.4 Å². The Morgan fingerprint density at radius 3 is 0.896 bits per heavy atom. The molecule has 390 valence electrons. The van der Waals surface area contributed by atoms with Gasteiger partial charge in [0.25, 0.3) is 0 Å². The van der Waals surface area contributed by atoms with Crippen molar-refractivity contribution in [3.05, 3.63) is 48.6 Å². The van der Waals surface area contributed by atoms with E-state index in [1.165, 1.54) is 173 Å². The van der Waals surface area contributed by atoms with Crippen molar-refractivity contribution in [1.29, 1.82) is 0 Å². The second-order valence-electron chi connectivity index (χ2n) is 19.6. The Bertz CT molecular complexity index is 1170. The van der Waals surface area contributed by atoms with E-state index < -0.39 is 6.10 Å². The highest BCUT2D eigenvalue weighted by molar-refractivity contribution is 5.71. The first-order valence-corrected chi connectivity index (χ1v) is 29.1. The van der Waals surface area contributed by atoms with Gasteiger partial charge in [0.1, 0.15) is 13.2 Å². The molecular weight excluding hydrogens is 829 g/mol. The lowest BCUT2D eigenvalue weighted by Crippen LogP contribution is -2.30. The third kappa shape index (κ3) is 54.2. The Kier molecular flexibility index (Phi) is 53.8. The number of unbranched alkanes of at least 4 members (excludes halogenated alkanes) is 34. The van der Waals surface area contributed by atoms with E-state index >= 15 is 0 Å². The van der Waals surface area contributed by atoms with Gasteiger partial charge in [-0.15, -0.1) is 0 Å². The molecule has 0 aliphatic carbocycles. The van der Waals surface area contributed by atoms with Gasteiger partial charge in [-0.3, -0.25) is 14.4 Å². The first-order chi connectivity index (χ1) is 33.0. The fraction of sp³-hybridized carbons (Fsp3) is 0.820. The third-order valence-corrected chi connectivity index (χ3v) is 12.8. The summed E-state index contributed by atoms with van der Waals surface area (Å²) in [6, 6.07) is 0. The molecule has 0 aromatic rings. The fourth-order valence-electron chi connectivity index (χ4n) is 8.37. The van der Waals surface area contributed by atoms with Crippen molar-refractivity contribution in [2.24, 2.45) is 0 Å². The van der Waals surface area contributed by atoms with Gasteiger partial charge >= 0.3 is 17.9 Å². The van der Waals surface area contributed by atoms with Gasteiger partial charge in [0.05, 0.1) is 0 Å².